The summed E-state index contributed by atoms with van der Waals surface area (Å²) in [5, 5.41) is 11.9. The summed E-state index contributed by atoms with van der Waals surface area (Å²) in [5.74, 6) is -2.08. The van der Waals surface area contributed by atoms with Crippen LogP contribution in [-0.4, -0.2) is 50.3 Å². The van der Waals surface area contributed by atoms with Gasteiger partial charge < -0.3 is 14.6 Å². The van der Waals surface area contributed by atoms with Crippen LogP contribution in [0.25, 0.3) is 11.4 Å². The Balaban J connectivity index is 1.63. The van der Waals surface area contributed by atoms with Crippen molar-refractivity contribution < 1.29 is 29.0 Å². The molecule has 1 aliphatic rings. The van der Waals surface area contributed by atoms with Crippen LogP contribution in [0.3, 0.4) is 0 Å². The summed E-state index contributed by atoms with van der Waals surface area (Å²) in [5.41, 5.74) is 2.16. The number of aliphatic hydroxyl groups excluding tert-OH is 1. The first-order valence-electron chi connectivity index (χ1n) is 14.0. The molecule has 43 heavy (non-hydrogen) atoms. The lowest BCUT2D eigenvalue weighted by Crippen LogP contribution is -2.29. The van der Waals surface area contributed by atoms with Crippen molar-refractivity contribution in [3.63, 3.8) is 0 Å². The zero-order valence-corrected chi connectivity index (χ0v) is 25.0. The van der Waals surface area contributed by atoms with Crippen molar-refractivity contribution in [3.8, 4) is 5.75 Å². The second-order valence-electron chi connectivity index (χ2n) is 10.1. The van der Waals surface area contributed by atoms with Gasteiger partial charge in [-0.2, -0.15) is 0 Å². The van der Waals surface area contributed by atoms with Gasteiger partial charge in [0.2, 0.25) is 0 Å². The minimum atomic E-state index is -1.04. The van der Waals surface area contributed by atoms with Gasteiger partial charge in [0, 0.05) is 6.20 Å². The number of hydrogen-bond donors (Lipinski definition) is 1. The predicted octanol–water partition coefficient (Wildman–Crippen LogP) is 5.95. The number of thiazole rings is 1. The predicted molar refractivity (Wildman–Crippen MR) is 164 cm³/mol. The normalized spacial score (nSPS) is 16.2. The van der Waals surface area contributed by atoms with Crippen LogP contribution < -0.4 is 9.64 Å². The Bertz CT molecular complexity index is 1740. The number of Topliss-reactive ketones (excluding diaryl/α,β-unsaturated/α-hetero) is 1. The van der Waals surface area contributed by atoms with E-state index in [1.54, 1.807) is 60.8 Å². The first-order valence-corrected chi connectivity index (χ1v) is 14.8. The molecule has 11 heteroatoms. The number of carbonyl (C=O) groups is 3. The lowest BCUT2D eigenvalue weighted by molar-refractivity contribution is -0.132. The van der Waals surface area contributed by atoms with Crippen molar-refractivity contribution in [2.75, 3.05) is 18.1 Å². The third kappa shape index (κ3) is 5.68. The molecule has 1 N–H and O–H groups in total. The van der Waals surface area contributed by atoms with Gasteiger partial charge in [-0.25, -0.2) is 14.8 Å². The largest absolute Gasteiger partial charge is 0.505 e. The minimum absolute atomic E-state index is 0.0154. The molecular weight excluding hydrogens is 568 g/mol. The number of ketones is 1. The number of pyridine rings is 1. The SMILES string of the molecule is C=CCOC(=O)c1sc(N2C(=O)C(=O)C(=C(O)c3c(C)nc4ccccn34)C2c2ccc(OCCCCC)cc2)nc1C. The van der Waals surface area contributed by atoms with Crippen LogP contribution in [0.1, 0.15) is 64.5 Å². The third-order valence-corrected chi connectivity index (χ3v) is 8.23. The minimum Gasteiger partial charge on any atom is -0.505 e. The van der Waals surface area contributed by atoms with Crippen molar-refractivity contribution >= 4 is 45.5 Å². The number of carbonyl (C=O) groups excluding carboxylic acids is 3. The lowest BCUT2D eigenvalue weighted by atomic mass is 9.96. The molecule has 0 radical (unpaired) electrons. The molecule has 0 aliphatic carbocycles. The number of hydrogen-bond acceptors (Lipinski definition) is 9. The van der Waals surface area contributed by atoms with Crippen LogP contribution in [0.15, 0.2) is 66.9 Å². The number of aryl methyl sites for hydroxylation is 2. The fourth-order valence-electron chi connectivity index (χ4n) is 5.03. The van der Waals surface area contributed by atoms with Crippen LogP contribution in [0, 0.1) is 13.8 Å². The van der Waals surface area contributed by atoms with Gasteiger partial charge in [0.25, 0.3) is 5.78 Å². The molecule has 1 aromatic carbocycles. The van der Waals surface area contributed by atoms with Crippen molar-refractivity contribution in [1.82, 2.24) is 14.4 Å². The van der Waals surface area contributed by atoms with E-state index in [1.807, 2.05) is 6.07 Å². The summed E-state index contributed by atoms with van der Waals surface area (Å²) in [4.78, 5) is 50.5. The highest BCUT2D eigenvalue weighted by molar-refractivity contribution is 7.17. The molecule has 1 fully saturated rings. The van der Waals surface area contributed by atoms with Gasteiger partial charge in [-0.3, -0.25) is 18.9 Å². The fourth-order valence-corrected chi connectivity index (χ4v) is 6.02. The van der Waals surface area contributed by atoms with E-state index in [0.717, 1.165) is 30.6 Å². The van der Waals surface area contributed by atoms with E-state index in [0.29, 0.717) is 40.6 Å². The van der Waals surface area contributed by atoms with Gasteiger partial charge in [0.05, 0.1) is 29.6 Å². The summed E-state index contributed by atoms with van der Waals surface area (Å²) in [6.07, 6.45) is 6.25. The van der Waals surface area contributed by atoms with Gasteiger partial charge in [-0.05, 0) is 50.1 Å². The van der Waals surface area contributed by atoms with Crippen LogP contribution in [-0.2, 0) is 14.3 Å². The number of imidazole rings is 1. The zero-order chi connectivity index (χ0) is 30.7. The second kappa shape index (κ2) is 12.6. The lowest BCUT2D eigenvalue weighted by Gasteiger charge is -2.23. The highest BCUT2D eigenvalue weighted by atomic mass is 32.1. The number of amides is 1. The molecule has 3 aromatic heterocycles. The molecule has 0 spiro atoms. The van der Waals surface area contributed by atoms with Crippen LogP contribution in [0.2, 0.25) is 0 Å². The number of benzene rings is 1. The van der Waals surface area contributed by atoms with E-state index in [1.165, 1.54) is 11.0 Å². The van der Waals surface area contributed by atoms with Gasteiger partial charge in [0.15, 0.2) is 10.9 Å². The van der Waals surface area contributed by atoms with Crippen LogP contribution >= 0.6 is 11.3 Å². The molecule has 5 rings (SSSR count). The molecule has 0 saturated carbocycles. The maximum Gasteiger partial charge on any atom is 0.350 e. The van der Waals surface area contributed by atoms with Crippen molar-refractivity contribution in [2.24, 2.45) is 0 Å². The molecule has 10 nitrogen and oxygen atoms in total. The van der Waals surface area contributed by atoms with Gasteiger partial charge in [0.1, 0.15) is 28.6 Å². The number of aliphatic hydroxyl groups is 1. The number of aromatic nitrogens is 3. The molecule has 4 aromatic rings. The van der Waals surface area contributed by atoms with Crippen LogP contribution in [0.5, 0.6) is 5.75 Å². The second-order valence-corrected chi connectivity index (χ2v) is 11.0. The summed E-state index contributed by atoms with van der Waals surface area (Å²) < 4.78 is 12.7. The van der Waals surface area contributed by atoms with E-state index in [2.05, 4.69) is 23.5 Å². The maximum absolute atomic E-state index is 13.7. The topological polar surface area (TPSA) is 123 Å². The van der Waals surface area contributed by atoms with Crippen molar-refractivity contribution in [1.29, 1.82) is 0 Å². The average molecular weight is 601 g/mol. The quantitative estimate of drug-likeness (QED) is 0.0560. The summed E-state index contributed by atoms with van der Waals surface area (Å²) in [6.45, 7) is 9.62. The van der Waals surface area contributed by atoms with E-state index >= 15 is 0 Å². The Labute approximate surface area is 252 Å². The highest BCUT2D eigenvalue weighted by Crippen LogP contribution is 2.44. The molecule has 222 valence electrons. The van der Waals surface area contributed by atoms with Crippen molar-refractivity contribution in [3.05, 3.63) is 94.4 Å². The first kappa shape index (κ1) is 29.7. The van der Waals surface area contributed by atoms with Crippen LogP contribution in [0.4, 0.5) is 5.13 Å². The number of nitrogens with zero attached hydrogens (tertiary/aromatic N) is 4. The zero-order valence-electron chi connectivity index (χ0n) is 24.2. The highest BCUT2D eigenvalue weighted by Gasteiger charge is 2.49. The third-order valence-electron chi connectivity index (χ3n) is 7.09. The van der Waals surface area contributed by atoms with Gasteiger partial charge in [-0.15, -0.1) is 0 Å². The fraction of sp³-hybridized carbons (Fsp3) is 0.281. The summed E-state index contributed by atoms with van der Waals surface area (Å²) in [7, 11) is 0. The number of anilines is 1. The average Bonchev–Trinajstić information content (AvgIpc) is 3.64. The van der Waals surface area contributed by atoms with E-state index in [-0.39, 0.29) is 27.9 Å². The summed E-state index contributed by atoms with van der Waals surface area (Å²) in [6, 6.07) is 11.4. The Morgan fingerprint density at radius 1 is 1.09 bits per heavy atom. The smallest absolute Gasteiger partial charge is 0.350 e. The molecule has 4 heterocycles. The van der Waals surface area contributed by atoms with Crippen molar-refractivity contribution in [2.45, 2.75) is 46.1 Å². The Kier molecular flexibility index (Phi) is 8.72. The van der Waals surface area contributed by atoms with E-state index < -0.39 is 23.7 Å². The Morgan fingerprint density at radius 2 is 1.86 bits per heavy atom. The molecule has 1 atom stereocenters. The maximum atomic E-state index is 13.7. The number of fused-ring (bicyclic) bond motifs is 1. The molecule has 1 unspecified atom stereocenters. The van der Waals surface area contributed by atoms with E-state index in [9.17, 15) is 19.5 Å². The standard InChI is InChI=1S/C32H32N4O6S/c1-5-7-10-18-41-22-14-12-21(13-15-22)26-24(27(37)25-19(3)33-23-11-8-9-16-35(23)25)28(38)30(39)36(26)32-34-20(4)29(43-32)31(40)42-17-6-2/h6,8-9,11-16,26,37H,2,5,7,10,17-18H2,1,3-4H3. The molecule has 1 saturated heterocycles. The molecule has 1 aliphatic heterocycles. The van der Waals surface area contributed by atoms with E-state index in [4.69, 9.17) is 9.47 Å². The number of unbranched alkanes of at least 4 members (excludes halogenated alkanes) is 2. The van der Waals surface area contributed by atoms with Gasteiger partial charge >= 0.3 is 11.9 Å². The molecular formula is C32H32N4O6S. The monoisotopic (exact) mass is 600 g/mol. The number of rotatable bonds is 11. The number of esters is 1. The molecule has 1 amide bonds. The number of ether oxygens (including phenoxy) is 2. The van der Waals surface area contributed by atoms with Gasteiger partial charge in [-0.1, -0.05) is 62.0 Å². The summed E-state index contributed by atoms with van der Waals surface area (Å²) >= 11 is 0.942. The first-order chi connectivity index (χ1) is 20.8. The Morgan fingerprint density at radius 3 is 2.58 bits per heavy atom. The Hall–Kier alpha value is -4.77. The molecule has 0 bridgehead atoms.